The van der Waals surface area contributed by atoms with E-state index in [1.807, 2.05) is 50.5 Å². The average Bonchev–Trinajstić information content (AvgIpc) is 3.22. The molecular formula is C19H23N5O2S. The molecule has 0 fully saturated rings. The van der Waals surface area contributed by atoms with Crippen LogP contribution in [0.5, 0.6) is 0 Å². The highest BCUT2D eigenvalue weighted by molar-refractivity contribution is 7.99. The SMILES string of the molecule is Cc1nnc(SCC(=O)Nc2cc(C(C)(C)C)no2)n1Cc1ccccc1. The summed E-state index contributed by atoms with van der Waals surface area (Å²) in [6.07, 6.45) is 0. The second-order valence-electron chi connectivity index (χ2n) is 7.26. The molecule has 2 aromatic heterocycles. The number of carbonyl (C=O) groups excluding carboxylic acids is 1. The predicted octanol–water partition coefficient (Wildman–Crippen LogP) is 3.65. The highest BCUT2D eigenvalue weighted by Gasteiger charge is 2.20. The van der Waals surface area contributed by atoms with Gasteiger partial charge in [-0.05, 0) is 12.5 Å². The minimum atomic E-state index is -0.177. The molecule has 3 aromatic rings. The van der Waals surface area contributed by atoms with E-state index < -0.39 is 0 Å². The summed E-state index contributed by atoms with van der Waals surface area (Å²) in [4.78, 5) is 12.2. The van der Waals surface area contributed by atoms with Gasteiger partial charge in [-0.2, -0.15) is 0 Å². The molecule has 0 saturated carbocycles. The maximum absolute atomic E-state index is 12.2. The topological polar surface area (TPSA) is 85.8 Å². The van der Waals surface area contributed by atoms with E-state index in [0.717, 1.165) is 17.1 Å². The van der Waals surface area contributed by atoms with Crippen molar-refractivity contribution in [3.63, 3.8) is 0 Å². The molecule has 0 bridgehead atoms. The predicted molar refractivity (Wildman–Crippen MR) is 105 cm³/mol. The molecule has 0 aliphatic heterocycles. The molecule has 3 rings (SSSR count). The molecule has 1 aromatic carbocycles. The highest BCUT2D eigenvalue weighted by atomic mass is 32.2. The molecule has 7 nitrogen and oxygen atoms in total. The Bertz CT molecular complexity index is 912. The smallest absolute Gasteiger partial charge is 0.237 e. The quantitative estimate of drug-likeness (QED) is 0.652. The number of hydrogen-bond acceptors (Lipinski definition) is 6. The zero-order chi connectivity index (χ0) is 19.4. The summed E-state index contributed by atoms with van der Waals surface area (Å²) in [5, 5.41) is 15.8. The molecule has 1 N–H and O–H groups in total. The summed E-state index contributed by atoms with van der Waals surface area (Å²) < 4.78 is 7.20. The lowest BCUT2D eigenvalue weighted by Crippen LogP contribution is -2.15. The minimum Gasteiger partial charge on any atom is -0.338 e. The van der Waals surface area contributed by atoms with Gasteiger partial charge < -0.3 is 9.09 Å². The van der Waals surface area contributed by atoms with Gasteiger partial charge in [0.05, 0.1) is 18.0 Å². The first-order valence-corrected chi connectivity index (χ1v) is 9.65. The van der Waals surface area contributed by atoms with Gasteiger partial charge in [0, 0.05) is 11.5 Å². The number of thioether (sulfide) groups is 1. The number of nitrogens with zero attached hydrogens (tertiary/aromatic N) is 4. The molecule has 2 heterocycles. The van der Waals surface area contributed by atoms with Crippen LogP contribution in [0, 0.1) is 6.92 Å². The van der Waals surface area contributed by atoms with Crippen LogP contribution >= 0.6 is 11.8 Å². The summed E-state index contributed by atoms with van der Waals surface area (Å²) in [5.41, 5.74) is 1.82. The monoisotopic (exact) mass is 385 g/mol. The van der Waals surface area contributed by atoms with Gasteiger partial charge in [0.1, 0.15) is 5.82 Å². The van der Waals surface area contributed by atoms with E-state index in [0.29, 0.717) is 17.6 Å². The Morgan fingerprint density at radius 1 is 1.22 bits per heavy atom. The van der Waals surface area contributed by atoms with E-state index >= 15 is 0 Å². The van der Waals surface area contributed by atoms with Crippen molar-refractivity contribution in [3.05, 3.63) is 53.5 Å². The van der Waals surface area contributed by atoms with E-state index in [1.165, 1.54) is 11.8 Å². The number of amides is 1. The molecule has 142 valence electrons. The molecule has 0 unspecified atom stereocenters. The van der Waals surface area contributed by atoms with Gasteiger partial charge >= 0.3 is 0 Å². The number of aryl methyl sites for hydroxylation is 1. The van der Waals surface area contributed by atoms with Gasteiger partial charge in [0.15, 0.2) is 5.16 Å². The molecule has 27 heavy (non-hydrogen) atoms. The van der Waals surface area contributed by atoms with Gasteiger partial charge in [0.2, 0.25) is 11.8 Å². The van der Waals surface area contributed by atoms with Crippen molar-refractivity contribution in [1.82, 2.24) is 19.9 Å². The van der Waals surface area contributed by atoms with Crippen LogP contribution < -0.4 is 5.32 Å². The third-order valence-corrected chi connectivity index (χ3v) is 4.93. The van der Waals surface area contributed by atoms with Crippen molar-refractivity contribution in [2.45, 2.75) is 44.8 Å². The lowest BCUT2D eigenvalue weighted by Gasteiger charge is -2.12. The van der Waals surface area contributed by atoms with Gasteiger partial charge in [-0.15, -0.1) is 10.2 Å². The van der Waals surface area contributed by atoms with Crippen molar-refractivity contribution in [1.29, 1.82) is 0 Å². The van der Waals surface area contributed by atoms with Gasteiger partial charge in [-0.1, -0.05) is 68.0 Å². The average molecular weight is 385 g/mol. The Balaban J connectivity index is 1.60. The van der Waals surface area contributed by atoms with Crippen LogP contribution in [0.25, 0.3) is 0 Å². The zero-order valence-corrected chi connectivity index (χ0v) is 16.7. The van der Waals surface area contributed by atoms with Gasteiger partial charge in [-0.3, -0.25) is 10.1 Å². The molecule has 0 aliphatic carbocycles. The van der Waals surface area contributed by atoms with E-state index in [9.17, 15) is 4.79 Å². The molecule has 0 radical (unpaired) electrons. The third kappa shape index (κ3) is 4.97. The maximum atomic E-state index is 12.2. The van der Waals surface area contributed by atoms with E-state index in [-0.39, 0.29) is 17.1 Å². The lowest BCUT2D eigenvalue weighted by atomic mass is 9.92. The van der Waals surface area contributed by atoms with Crippen molar-refractivity contribution >= 4 is 23.6 Å². The fraction of sp³-hybridized carbons (Fsp3) is 0.368. The zero-order valence-electron chi connectivity index (χ0n) is 15.9. The van der Waals surface area contributed by atoms with E-state index in [4.69, 9.17) is 4.52 Å². The van der Waals surface area contributed by atoms with Crippen LogP contribution in [-0.2, 0) is 16.8 Å². The van der Waals surface area contributed by atoms with Crippen molar-refractivity contribution in [2.24, 2.45) is 0 Å². The van der Waals surface area contributed by atoms with Crippen LogP contribution in [0.1, 0.15) is 37.9 Å². The van der Waals surface area contributed by atoms with Crippen LogP contribution in [0.3, 0.4) is 0 Å². The summed E-state index contributed by atoms with van der Waals surface area (Å²) >= 11 is 1.34. The molecule has 0 aliphatic rings. The fourth-order valence-corrected chi connectivity index (χ4v) is 3.19. The summed E-state index contributed by atoms with van der Waals surface area (Å²) in [6, 6.07) is 11.8. The number of anilines is 1. The summed E-state index contributed by atoms with van der Waals surface area (Å²) in [7, 11) is 0. The van der Waals surface area contributed by atoms with E-state index in [2.05, 4.69) is 32.8 Å². The second-order valence-corrected chi connectivity index (χ2v) is 8.21. The lowest BCUT2D eigenvalue weighted by molar-refractivity contribution is -0.113. The first kappa shape index (κ1) is 19.2. The van der Waals surface area contributed by atoms with Crippen molar-refractivity contribution < 1.29 is 9.32 Å². The fourth-order valence-electron chi connectivity index (χ4n) is 2.41. The Hall–Kier alpha value is -2.61. The number of aromatic nitrogens is 4. The highest BCUT2D eigenvalue weighted by Crippen LogP contribution is 2.24. The number of nitrogens with one attached hydrogen (secondary N) is 1. The Kier molecular flexibility index (Phi) is 5.65. The maximum Gasteiger partial charge on any atom is 0.237 e. The molecule has 8 heteroatoms. The third-order valence-electron chi connectivity index (χ3n) is 3.96. The summed E-state index contributed by atoms with van der Waals surface area (Å²) in [6.45, 7) is 8.68. The standard InChI is InChI=1S/C19H23N5O2S/c1-13-21-22-18(24(13)11-14-8-6-5-7-9-14)27-12-16(25)20-17-10-15(23-26-17)19(2,3)4/h5-10H,11-12H2,1-4H3,(H,20,25). The normalized spacial score (nSPS) is 11.6. The number of hydrogen-bond donors (Lipinski definition) is 1. The number of benzene rings is 1. The Labute approximate surface area is 162 Å². The molecule has 1 amide bonds. The molecule has 0 spiro atoms. The van der Waals surface area contributed by atoms with Crippen LogP contribution in [-0.4, -0.2) is 31.6 Å². The first-order chi connectivity index (χ1) is 12.8. The van der Waals surface area contributed by atoms with Crippen LogP contribution in [0.4, 0.5) is 5.88 Å². The molecule has 0 atom stereocenters. The second kappa shape index (κ2) is 7.96. The van der Waals surface area contributed by atoms with Crippen molar-refractivity contribution in [2.75, 3.05) is 11.1 Å². The van der Waals surface area contributed by atoms with E-state index in [1.54, 1.807) is 6.07 Å². The number of rotatable bonds is 6. The Morgan fingerprint density at radius 2 is 1.96 bits per heavy atom. The van der Waals surface area contributed by atoms with Crippen LogP contribution in [0.15, 0.2) is 46.1 Å². The van der Waals surface area contributed by atoms with Gasteiger partial charge in [0.25, 0.3) is 0 Å². The Morgan fingerprint density at radius 3 is 2.63 bits per heavy atom. The largest absolute Gasteiger partial charge is 0.338 e. The van der Waals surface area contributed by atoms with Crippen LogP contribution in [0.2, 0.25) is 0 Å². The molecule has 0 saturated heterocycles. The first-order valence-electron chi connectivity index (χ1n) is 8.66. The molecular weight excluding hydrogens is 362 g/mol. The number of carbonyl (C=O) groups is 1. The van der Waals surface area contributed by atoms with Crippen molar-refractivity contribution in [3.8, 4) is 0 Å². The minimum absolute atomic E-state index is 0.132. The summed E-state index contributed by atoms with van der Waals surface area (Å²) in [5.74, 6) is 1.20. The van der Waals surface area contributed by atoms with Gasteiger partial charge in [-0.25, -0.2) is 0 Å².